The zero-order valence-electron chi connectivity index (χ0n) is 79.8. The molecule has 0 aliphatic heterocycles. The molecule has 4 heterocycles. The molecule has 124 heavy (non-hydrogen) atoms. The Kier molecular flexibility index (Phi) is 37.4. The lowest BCUT2D eigenvalue weighted by molar-refractivity contribution is 0.250. The van der Waals surface area contributed by atoms with Gasteiger partial charge in [-0.25, -0.2) is 0 Å². The summed E-state index contributed by atoms with van der Waals surface area (Å²) < 4.78 is 10.1. The summed E-state index contributed by atoms with van der Waals surface area (Å²) in [6.45, 7) is 62.0. The van der Waals surface area contributed by atoms with Crippen molar-refractivity contribution >= 4 is 173 Å². The van der Waals surface area contributed by atoms with E-state index < -0.39 is 0 Å². The molecule has 8 nitrogen and oxygen atoms in total. The Labute approximate surface area is 742 Å². The first kappa shape index (κ1) is 96.5. The summed E-state index contributed by atoms with van der Waals surface area (Å²) in [6.07, 6.45) is 0. The Morgan fingerprint density at radius 3 is 0.815 bits per heavy atom. The third kappa shape index (κ3) is 19.6. The van der Waals surface area contributed by atoms with E-state index in [1.54, 1.807) is 0 Å². The molecule has 648 valence electrons. The monoisotopic (exact) mass is 1650 g/mol. The van der Waals surface area contributed by atoms with Crippen LogP contribution >= 0.6 is 0 Å². The number of fused-ring (bicyclic) bond motifs is 28. The molecule has 0 fully saturated rings. The summed E-state index contributed by atoms with van der Waals surface area (Å²) in [7, 11) is 0. The van der Waals surface area contributed by atoms with Crippen LogP contribution in [0.5, 0.6) is 0 Å². The Bertz CT molecular complexity index is 6520. The van der Waals surface area contributed by atoms with Crippen LogP contribution in [-0.2, 0) is 26.7 Å². The van der Waals surface area contributed by atoms with Crippen LogP contribution in [0.3, 0.4) is 0 Å². The first-order valence-corrected chi connectivity index (χ1v) is 47.4. The molecular weight excluding hydrogens is 1510 g/mol. The van der Waals surface area contributed by atoms with Gasteiger partial charge < -0.3 is 18.3 Å². The minimum Gasteiger partial charge on any atom is -0.326 e. The highest BCUT2D eigenvalue weighted by atomic mass is 15.3. The molecule has 0 aliphatic carbocycles. The second kappa shape index (κ2) is 48.1. The van der Waals surface area contributed by atoms with Crippen molar-refractivity contribution in [2.75, 3.05) is 52.4 Å². The summed E-state index contributed by atoms with van der Waals surface area (Å²) >= 11 is 0. The number of benzene rings is 16. The molecule has 0 aliphatic rings. The van der Waals surface area contributed by atoms with Crippen molar-refractivity contribution in [1.29, 1.82) is 0 Å². The standard InChI is InChI=1S/4C25H24N2.8C2H6/c1-3-26(4-2)17-27-23-16-10-9-15-22(23)24-20-13-7-5-11-18(20)19-12-6-8-14-21(19)25(24)27;1-3-26(4-2)17-27-23-16-14-18-9-5-7-11-20(18)24(23)22-15-13-19-10-6-8-12-21(19)25(22)27;1-3-26(4-2)17-27-24-20-11-7-5-9-18(20)13-15-22(24)23-16-14-19-10-6-8-12-21(19)25(23)27;1-3-26(4-2)17-27-24-16-20-11-6-5-10-19(20)15-23(24)22-14-13-18-9-7-8-12-21(18)25(22)27;8*1-2/h4*5-16H,3-4,17H2,1-2H3;8*1-2H3. The number of hydrogen-bond donors (Lipinski definition) is 0. The van der Waals surface area contributed by atoms with Gasteiger partial charge in [-0.15, -0.1) is 0 Å². The van der Waals surface area contributed by atoms with Crippen molar-refractivity contribution in [3.63, 3.8) is 0 Å². The van der Waals surface area contributed by atoms with Gasteiger partial charge in [0.15, 0.2) is 0 Å². The Hall–Kier alpha value is -11.4. The maximum Gasteiger partial charge on any atom is 0.0757 e. The van der Waals surface area contributed by atoms with Crippen LogP contribution < -0.4 is 0 Å². The lowest BCUT2D eigenvalue weighted by Gasteiger charge is -2.21. The number of para-hydroxylation sites is 1. The maximum absolute atomic E-state index is 2.54. The maximum atomic E-state index is 2.54. The third-order valence-electron chi connectivity index (χ3n) is 23.5. The molecule has 20 aromatic rings. The van der Waals surface area contributed by atoms with Gasteiger partial charge in [-0.3, -0.25) is 19.6 Å². The molecule has 0 N–H and O–H groups in total. The van der Waals surface area contributed by atoms with Crippen LogP contribution in [0.15, 0.2) is 291 Å². The van der Waals surface area contributed by atoms with Crippen LogP contribution in [0.2, 0.25) is 0 Å². The van der Waals surface area contributed by atoms with E-state index in [-0.39, 0.29) is 0 Å². The summed E-state index contributed by atoms with van der Waals surface area (Å²) in [5.41, 5.74) is 10.7. The van der Waals surface area contributed by atoms with Crippen LogP contribution in [0.4, 0.5) is 0 Å². The fourth-order valence-corrected chi connectivity index (χ4v) is 17.6. The number of rotatable bonds is 16. The molecule has 0 saturated carbocycles. The topological polar surface area (TPSA) is 32.7 Å². The van der Waals surface area contributed by atoms with E-state index in [2.05, 4.69) is 384 Å². The molecule has 0 radical (unpaired) electrons. The van der Waals surface area contributed by atoms with Crippen molar-refractivity contribution in [3.8, 4) is 0 Å². The van der Waals surface area contributed by atoms with Gasteiger partial charge in [0.05, 0.1) is 70.8 Å². The van der Waals surface area contributed by atoms with Gasteiger partial charge in [0.25, 0.3) is 0 Å². The average molecular weight is 1650 g/mol. The van der Waals surface area contributed by atoms with Crippen molar-refractivity contribution in [2.45, 2.75) is 193 Å². The van der Waals surface area contributed by atoms with Crippen LogP contribution in [0.25, 0.3) is 173 Å². The molecule has 20 rings (SSSR count). The zero-order valence-corrected chi connectivity index (χ0v) is 79.8. The summed E-state index contributed by atoms with van der Waals surface area (Å²) in [5, 5.41) is 32.0. The fourth-order valence-electron chi connectivity index (χ4n) is 17.6. The smallest absolute Gasteiger partial charge is 0.0757 e. The molecule has 0 amide bonds. The normalized spacial score (nSPS) is 10.9. The molecular formula is C116H144N8. The third-order valence-corrected chi connectivity index (χ3v) is 23.5. The van der Waals surface area contributed by atoms with Gasteiger partial charge in [0.2, 0.25) is 0 Å². The van der Waals surface area contributed by atoms with Crippen molar-refractivity contribution < 1.29 is 0 Å². The van der Waals surface area contributed by atoms with E-state index in [1.807, 2.05) is 111 Å². The largest absolute Gasteiger partial charge is 0.326 e. The number of hydrogen-bond acceptors (Lipinski definition) is 4. The first-order valence-electron chi connectivity index (χ1n) is 47.4. The fraction of sp³-hybridized carbons (Fsp3) is 0.310. The van der Waals surface area contributed by atoms with Gasteiger partial charge in [-0.1, -0.05) is 433 Å². The summed E-state index contributed by atoms with van der Waals surface area (Å²) in [4.78, 5) is 9.93. The highest BCUT2D eigenvalue weighted by Crippen LogP contribution is 2.44. The molecule has 0 atom stereocenters. The molecule has 0 unspecified atom stereocenters. The van der Waals surface area contributed by atoms with Crippen LogP contribution in [-0.4, -0.2) is 90.2 Å². The highest BCUT2D eigenvalue weighted by molar-refractivity contribution is 6.32. The van der Waals surface area contributed by atoms with Gasteiger partial charge >= 0.3 is 0 Å². The Balaban J connectivity index is 0.000000177. The molecule has 8 heteroatoms. The van der Waals surface area contributed by atoms with Crippen molar-refractivity contribution in [2.24, 2.45) is 0 Å². The quantitative estimate of drug-likeness (QED) is 0.0903. The van der Waals surface area contributed by atoms with E-state index in [0.717, 1.165) is 79.0 Å². The van der Waals surface area contributed by atoms with Crippen molar-refractivity contribution in [3.05, 3.63) is 291 Å². The molecule has 0 bridgehead atoms. The number of aromatic nitrogens is 4. The molecule has 4 aromatic heterocycles. The predicted molar refractivity (Wildman–Crippen MR) is 560 cm³/mol. The van der Waals surface area contributed by atoms with E-state index in [0.29, 0.717) is 0 Å². The zero-order chi connectivity index (χ0) is 89.5. The molecule has 0 spiro atoms. The Morgan fingerprint density at radius 2 is 0.411 bits per heavy atom. The lowest BCUT2D eigenvalue weighted by atomic mass is 9.97. The van der Waals surface area contributed by atoms with E-state index in [9.17, 15) is 0 Å². The van der Waals surface area contributed by atoms with E-state index in [1.165, 1.54) is 173 Å². The van der Waals surface area contributed by atoms with E-state index >= 15 is 0 Å². The van der Waals surface area contributed by atoms with Crippen LogP contribution in [0, 0.1) is 0 Å². The Morgan fingerprint density at radius 1 is 0.161 bits per heavy atom. The number of nitrogens with zero attached hydrogens (tertiary/aromatic N) is 8. The van der Waals surface area contributed by atoms with Crippen LogP contribution in [0.1, 0.15) is 166 Å². The van der Waals surface area contributed by atoms with Crippen molar-refractivity contribution in [1.82, 2.24) is 37.9 Å². The second-order valence-corrected chi connectivity index (χ2v) is 29.0. The lowest BCUT2D eigenvalue weighted by Crippen LogP contribution is -2.25. The van der Waals surface area contributed by atoms with Gasteiger partial charge in [-0.05, 0) is 136 Å². The van der Waals surface area contributed by atoms with E-state index in [4.69, 9.17) is 0 Å². The second-order valence-electron chi connectivity index (χ2n) is 29.0. The molecule has 16 aromatic carbocycles. The van der Waals surface area contributed by atoms with Gasteiger partial charge in [0, 0.05) is 70.0 Å². The average Bonchev–Trinajstić information content (AvgIpc) is 1.56. The minimum absolute atomic E-state index is 0.912. The highest BCUT2D eigenvalue weighted by Gasteiger charge is 2.23. The SMILES string of the molecule is CC.CC.CC.CC.CC.CC.CC.CC.CCN(CC)Cn1c2c3ccccc3ccc2c2ccc3ccccc3c21.CCN(CC)Cn1c2cc3ccccc3cc2c2ccc3ccccc3c21.CCN(CC)Cn1c2ccc3ccccc3c2c2ccc3ccccc3c21.CCN(CC)Cn1c2ccccc2c2c3ccccc3c3ccccc3c21. The van der Waals surface area contributed by atoms with Gasteiger partial charge in [-0.2, -0.15) is 0 Å². The van der Waals surface area contributed by atoms with Gasteiger partial charge in [0.1, 0.15) is 0 Å². The molecule has 0 saturated heterocycles. The predicted octanol–water partition coefficient (Wildman–Crippen LogP) is 33.8. The summed E-state index contributed by atoms with van der Waals surface area (Å²) in [5.74, 6) is 0. The summed E-state index contributed by atoms with van der Waals surface area (Å²) in [6, 6.07) is 107. The minimum atomic E-state index is 0.912. The first-order chi connectivity index (χ1) is 61.3.